The van der Waals surface area contributed by atoms with E-state index in [1.54, 1.807) is 20.0 Å². The molecule has 2 aromatic rings. The van der Waals surface area contributed by atoms with Crippen molar-refractivity contribution < 1.29 is 9.66 Å². The van der Waals surface area contributed by atoms with Crippen LogP contribution in [0.2, 0.25) is 0 Å². The Hall–Kier alpha value is -2.29. The lowest BCUT2D eigenvalue weighted by molar-refractivity contribution is -0.390. The van der Waals surface area contributed by atoms with E-state index >= 15 is 0 Å². The minimum Gasteiger partial charge on any atom is -0.479 e. The molecule has 0 atom stereocenters. The van der Waals surface area contributed by atoms with E-state index in [0.29, 0.717) is 11.4 Å². The first kappa shape index (κ1) is 13.1. The topological polar surface area (TPSA) is 103 Å². The zero-order valence-corrected chi connectivity index (χ0v) is 11.1. The van der Waals surface area contributed by atoms with Crippen molar-refractivity contribution in [1.29, 1.82) is 0 Å². The van der Waals surface area contributed by atoms with E-state index < -0.39 is 4.92 Å². The highest BCUT2D eigenvalue weighted by Gasteiger charge is 2.18. The highest BCUT2D eigenvalue weighted by molar-refractivity contribution is 7.10. The van der Waals surface area contributed by atoms with Gasteiger partial charge in [0, 0.05) is 25.5 Å². The Kier molecular flexibility index (Phi) is 3.85. The highest BCUT2D eigenvalue weighted by Crippen LogP contribution is 2.26. The lowest BCUT2D eigenvalue weighted by atomic mass is 10.3. The largest absolute Gasteiger partial charge is 0.479 e. The molecule has 0 aromatic carbocycles. The number of anilines is 1. The van der Waals surface area contributed by atoms with E-state index in [-0.39, 0.29) is 18.2 Å². The molecule has 2 aromatic heterocycles. The number of rotatable bonds is 5. The fourth-order valence-corrected chi connectivity index (χ4v) is 1.93. The molecule has 0 spiro atoms. The first-order valence-corrected chi connectivity index (χ1v) is 6.13. The van der Waals surface area contributed by atoms with Gasteiger partial charge in [0.2, 0.25) is 5.75 Å². The fourth-order valence-electron chi connectivity index (χ4n) is 1.41. The van der Waals surface area contributed by atoms with Crippen LogP contribution in [-0.4, -0.2) is 26.5 Å². The van der Waals surface area contributed by atoms with Crippen LogP contribution in [0.25, 0.3) is 0 Å². The third kappa shape index (κ3) is 2.94. The van der Waals surface area contributed by atoms with Crippen molar-refractivity contribution in [3.05, 3.63) is 33.6 Å². The van der Waals surface area contributed by atoms with Crippen LogP contribution in [0, 0.1) is 17.0 Å². The molecule has 0 radical (unpaired) electrons. The Balaban J connectivity index is 2.18. The number of hydrogen-bond donors (Lipinski definition) is 1. The minimum atomic E-state index is -0.569. The van der Waals surface area contributed by atoms with Crippen LogP contribution >= 0.6 is 11.5 Å². The van der Waals surface area contributed by atoms with E-state index in [0.717, 1.165) is 5.00 Å². The third-order valence-electron chi connectivity index (χ3n) is 2.30. The predicted molar refractivity (Wildman–Crippen MR) is 69.4 cm³/mol. The Morgan fingerprint density at radius 3 is 3.00 bits per heavy atom. The molecule has 0 bridgehead atoms. The molecule has 0 fully saturated rings. The van der Waals surface area contributed by atoms with Gasteiger partial charge in [0.15, 0.2) is 0 Å². The summed E-state index contributed by atoms with van der Waals surface area (Å²) in [4.78, 5) is 14.2. The number of nitro groups is 1. The number of aryl methyl sites for hydroxylation is 1. The van der Waals surface area contributed by atoms with Gasteiger partial charge in [-0.05, 0) is 22.0 Å². The SMILES string of the molecule is CNc1snnc1COc1ccc(C)nc1[N+](=O)[O-]. The maximum Gasteiger partial charge on any atom is 0.406 e. The van der Waals surface area contributed by atoms with Crippen molar-refractivity contribution in [1.82, 2.24) is 14.6 Å². The molecular weight excluding hydrogens is 270 g/mol. The lowest BCUT2D eigenvalue weighted by Crippen LogP contribution is -2.03. The zero-order valence-electron chi connectivity index (χ0n) is 10.3. The molecule has 1 N–H and O–H groups in total. The number of hydrogen-bond acceptors (Lipinski definition) is 8. The summed E-state index contributed by atoms with van der Waals surface area (Å²) in [6.07, 6.45) is 0. The van der Waals surface area contributed by atoms with Crippen molar-refractivity contribution >= 4 is 22.4 Å². The summed E-state index contributed by atoms with van der Waals surface area (Å²) in [7, 11) is 1.74. The quantitative estimate of drug-likeness (QED) is 0.658. The number of nitrogens with zero attached hydrogens (tertiary/aromatic N) is 4. The average molecular weight is 281 g/mol. The Bertz CT molecular complexity index is 601. The summed E-state index contributed by atoms with van der Waals surface area (Å²) < 4.78 is 9.18. The molecule has 100 valence electrons. The van der Waals surface area contributed by atoms with Crippen LogP contribution in [-0.2, 0) is 6.61 Å². The molecule has 0 saturated carbocycles. The first-order valence-electron chi connectivity index (χ1n) is 5.35. The number of ether oxygens (including phenoxy) is 1. The Morgan fingerprint density at radius 2 is 2.32 bits per heavy atom. The third-order valence-corrected chi connectivity index (χ3v) is 3.08. The maximum absolute atomic E-state index is 10.9. The molecule has 8 nitrogen and oxygen atoms in total. The molecule has 0 unspecified atom stereocenters. The van der Waals surface area contributed by atoms with Gasteiger partial charge < -0.3 is 20.2 Å². The minimum absolute atomic E-state index is 0.0955. The Morgan fingerprint density at radius 1 is 1.53 bits per heavy atom. The molecule has 19 heavy (non-hydrogen) atoms. The number of aromatic nitrogens is 3. The second kappa shape index (κ2) is 5.57. The maximum atomic E-state index is 10.9. The van der Waals surface area contributed by atoms with Gasteiger partial charge in [-0.3, -0.25) is 0 Å². The summed E-state index contributed by atoms with van der Waals surface area (Å²) in [5.41, 5.74) is 1.16. The van der Waals surface area contributed by atoms with Gasteiger partial charge in [0.25, 0.3) is 0 Å². The number of nitrogens with one attached hydrogen (secondary N) is 1. The van der Waals surface area contributed by atoms with Crippen LogP contribution in [0.5, 0.6) is 5.75 Å². The molecule has 0 aliphatic heterocycles. The normalized spacial score (nSPS) is 10.2. The van der Waals surface area contributed by atoms with Crippen molar-refractivity contribution in [2.24, 2.45) is 0 Å². The van der Waals surface area contributed by atoms with Crippen molar-refractivity contribution in [3.8, 4) is 5.75 Å². The summed E-state index contributed by atoms with van der Waals surface area (Å²) in [5, 5.41) is 18.5. The van der Waals surface area contributed by atoms with E-state index in [2.05, 4.69) is 19.9 Å². The first-order chi connectivity index (χ1) is 9.11. The van der Waals surface area contributed by atoms with Crippen molar-refractivity contribution in [2.45, 2.75) is 13.5 Å². The highest BCUT2D eigenvalue weighted by atomic mass is 32.1. The molecule has 0 saturated heterocycles. The van der Waals surface area contributed by atoms with Gasteiger partial charge in [-0.15, -0.1) is 5.10 Å². The van der Waals surface area contributed by atoms with Gasteiger partial charge in [-0.2, -0.15) is 0 Å². The molecular formula is C10H11N5O3S. The van der Waals surface area contributed by atoms with Crippen molar-refractivity contribution in [3.63, 3.8) is 0 Å². The van der Waals surface area contributed by atoms with E-state index in [9.17, 15) is 10.1 Å². The summed E-state index contributed by atoms with van der Waals surface area (Å²) in [6.45, 7) is 1.78. The zero-order chi connectivity index (χ0) is 13.8. The smallest absolute Gasteiger partial charge is 0.406 e. The van der Waals surface area contributed by atoms with Gasteiger partial charge >= 0.3 is 5.82 Å². The lowest BCUT2D eigenvalue weighted by Gasteiger charge is -2.05. The molecule has 0 amide bonds. The fraction of sp³-hybridized carbons (Fsp3) is 0.300. The molecule has 0 aliphatic rings. The molecule has 9 heteroatoms. The van der Waals surface area contributed by atoms with Gasteiger partial charge in [-0.1, -0.05) is 4.49 Å². The predicted octanol–water partition coefficient (Wildman–Crippen LogP) is 1.77. The summed E-state index contributed by atoms with van der Waals surface area (Å²) in [5.74, 6) is -0.181. The molecule has 2 rings (SSSR count). The Labute approximate surface area is 112 Å². The van der Waals surface area contributed by atoms with E-state index in [1.807, 2.05) is 0 Å². The van der Waals surface area contributed by atoms with Gasteiger partial charge in [0.1, 0.15) is 23.0 Å². The van der Waals surface area contributed by atoms with Gasteiger partial charge in [0.05, 0.1) is 0 Å². The van der Waals surface area contributed by atoms with Crippen LogP contribution in [0.15, 0.2) is 12.1 Å². The van der Waals surface area contributed by atoms with Crippen LogP contribution < -0.4 is 10.1 Å². The standard InChI is InChI=1S/C10H11N5O3S/c1-6-3-4-8(9(12-6)15(16)17)18-5-7-10(11-2)19-14-13-7/h3-4,11H,5H2,1-2H3. The monoisotopic (exact) mass is 281 g/mol. The average Bonchev–Trinajstić information content (AvgIpc) is 2.84. The molecule has 0 aliphatic carbocycles. The molecule has 2 heterocycles. The second-order valence-corrected chi connectivity index (χ2v) is 4.37. The van der Waals surface area contributed by atoms with Crippen molar-refractivity contribution in [2.75, 3.05) is 12.4 Å². The van der Waals surface area contributed by atoms with E-state index in [4.69, 9.17) is 4.74 Å². The van der Waals surface area contributed by atoms with Crippen LogP contribution in [0.4, 0.5) is 10.8 Å². The number of pyridine rings is 1. The second-order valence-electron chi connectivity index (χ2n) is 3.62. The summed E-state index contributed by atoms with van der Waals surface area (Å²) in [6, 6.07) is 3.18. The van der Waals surface area contributed by atoms with Crippen LogP contribution in [0.3, 0.4) is 0 Å². The van der Waals surface area contributed by atoms with Gasteiger partial charge in [-0.25, -0.2) is 0 Å². The van der Waals surface area contributed by atoms with E-state index in [1.165, 1.54) is 17.6 Å². The van der Waals surface area contributed by atoms with Crippen LogP contribution in [0.1, 0.15) is 11.4 Å². The summed E-state index contributed by atoms with van der Waals surface area (Å²) >= 11 is 1.20.